The average molecular weight is 233 g/mol. The van der Waals surface area contributed by atoms with Gasteiger partial charge in [-0.15, -0.1) is 0 Å². The van der Waals surface area contributed by atoms with Gasteiger partial charge in [-0.2, -0.15) is 0 Å². The Hall–Kier alpha value is -2.42. The van der Waals surface area contributed by atoms with Crippen molar-refractivity contribution in [2.24, 2.45) is 7.05 Å². The second-order valence-corrected chi connectivity index (χ2v) is 4.47. The summed E-state index contributed by atoms with van der Waals surface area (Å²) < 4.78 is 2.15. The Labute approximate surface area is 104 Å². The first-order valence-electron chi connectivity index (χ1n) is 5.93. The molecule has 0 unspecified atom stereocenters. The largest absolute Gasteiger partial charge is 0.328 e. The van der Waals surface area contributed by atoms with Crippen molar-refractivity contribution < 1.29 is 0 Å². The first-order chi connectivity index (χ1) is 8.86. The fourth-order valence-corrected chi connectivity index (χ4v) is 2.67. The average Bonchev–Trinajstić information content (AvgIpc) is 2.73. The van der Waals surface area contributed by atoms with Gasteiger partial charge >= 0.3 is 0 Å². The highest BCUT2D eigenvalue weighted by atomic mass is 15.0. The maximum absolute atomic E-state index is 4.53. The third kappa shape index (κ3) is 1.08. The zero-order valence-electron chi connectivity index (χ0n) is 9.96. The van der Waals surface area contributed by atoms with E-state index in [-0.39, 0.29) is 0 Å². The second-order valence-electron chi connectivity index (χ2n) is 4.47. The molecule has 3 heteroatoms. The number of pyridine rings is 2. The molecule has 0 spiro atoms. The van der Waals surface area contributed by atoms with Gasteiger partial charge in [0.1, 0.15) is 5.65 Å². The van der Waals surface area contributed by atoms with Crippen LogP contribution in [0.5, 0.6) is 0 Å². The maximum Gasteiger partial charge on any atom is 0.140 e. The molecule has 1 aromatic carbocycles. The van der Waals surface area contributed by atoms with E-state index in [9.17, 15) is 0 Å². The number of fused-ring (bicyclic) bond motifs is 5. The molecule has 18 heavy (non-hydrogen) atoms. The first-order valence-corrected chi connectivity index (χ1v) is 5.93. The summed E-state index contributed by atoms with van der Waals surface area (Å²) in [7, 11) is 2.06. The van der Waals surface area contributed by atoms with Crippen LogP contribution in [0, 0.1) is 0 Å². The topological polar surface area (TPSA) is 30.7 Å². The summed E-state index contributed by atoms with van der Waals surface area (Å²) in [6.07, 6.45) is 3.78. The molecule has 0 atom stereocenters. The standard InChI is InChI=1S/C15H11N3/c1-18-14-11-5-2-3-7-13(11)17-9-12(14)10-6-4-8-16-15(10)18/h2-9H,1H3. The molecular formula is C15H11N3. The molecule has 0 bridgehead atoms. The van der Waals surface area contributed by atoms with Crippen LogP contribution in [0.3, 0.4) is 0 Å². The maximum atomic E-state index is 4.53. The van der Waals surface area contributed by atoms with Crippen molar-refractivity contribution in [2.75, 3.05) is 0 Å². The summed E-state index contributed by atoms with van der Waals surface area (Å²) in [5, 5.41) is 3.50. The third-order valence-corrected chi connectivity index (χ3v) is 3.48. The van der Waals surface area contributed by atoms with Crippen LogP contribution < -0.4 is 0 Å². The quantitative estimate of drug-likeness (QED) is 0.466. The zero-order valence-corrected chi connectivity index (χ0v) is 9.96. The number of rotatable bonds is 0. The summed E-state index contributed by atoms with van der Waals surface area (Å²) in [6.45, 7) is 0. The molecule has 0 aliphatic carbocycles. The van der Waals surface area contributed by atoms with Gasteiger partial charge in [0.25, 0.3) is 0 Å². The van der Waals surface area contributed by atoms with Crippen LogP contribution in [-0.2, 0) is 7.05 Å². The van der Waals surface area contributed by atoms with Gasteiger partial charge in [0.05, 0.1) is 11.0 Å². The number of benzene rings is 1. The van der Waals surface area contributed by atoms with Gasteiger partial charge in [-0.3, -0.25) is 4.98 Å². The molecule has 86 valence electrons. The molecule has 0 fully saturated rings. The molecule has 0 saturated heterocycles. The van der Waals surface area contributed by atoms with Crippen LogP contribution in [0.15, 0.2) is 48.8 Å². The van der Waals surface area contributed by atoms with Crippen LogP contribution in [0.1, 0.15) is 0 Å². The van der Waals surface area contributed by atoms with Crippen molar-refractivity contribution in [1.29, 1.82) is 0 Å². The van der Waals surface area contributed by atoms with Gasteiger partial charge in [-0.25, -0.2) is 4.98 Å². The van der Waals surface area contributed by atoms with Crippen LogP contribution in [0.25, 0.3) is 32.8 Å². The summed E-state index contributed by atoms with van der Waals surface area (Å²) in [5.41, 5.74) is 3.23. The van der Waals surface area contributed by atoms with E-state index in [2.05, 4.69) is 39.8 Å². The fourth-order valence-electron chi connectivity index (χ4n) is 2.67. The second kappa shape index (κ2) is 3.29. The van der Waals surface area contributed by atoms with Crippen molar-refractivity contribution in [2.45, 2.75) is 0 Å². The van der Waals surface area contributed by atoms with Gasteiger partial charge in [-0.05, 0) is 18.2 Å². The molecule has 4 aromatic rings. The predicted molar refractivity (Wildman–Crippen MR) is 73.5 cm³/mol. The number of para-hydroxylation sites is 1. The number of nitrogens with zero attached hydrogens (tertiary/aromatic N) is 3. The predicted octanol–water partition coefficient (Wildman–Crippen LogP) is 3.27. The molecule has 0 aliphatic heterocycles. The van der Waals surface area contributed by atoms with Gasteiger partial charge in [0.15, 0.2) is 0 Å². The summed E-state index contributed by atoms with van der Waals surface area (Å²) >= 11 is 0. The van der Waals surface area contributed by atoms with E-state index in [0.717, 1.165) is 16.6 Å². The number of aryl methyl sites for hydroxylation is 1. The highest BCUT2D eigenvalue weighted by molar-refractivity contribution is 6.15. The van der Waals surface area contributed by atoms with Gasteiger partial charge in [0.2, 0.25) is 0 Å². The lowest BCUT2D eigenvalue weighted by atomic mass is 10.1. The fraction of sp³-hybridized carbons (Fsp3) is 0.0667. The third-order valence-electron chi connectivity index (χ3n) is 3.48. The molecule has 0 saturated carbocycles. The lowest BCUT2D eigenvalue weighted by Gasteiger charge is -2.01. The van der Waals surface area contributed by atoms with Crippen molar-refractivity contribution in [3.05, 3.63) is 48.8 Å². The normalized spacial score (nSPS) is 11.6. The van der Waals surface area contributed by atoms with Gasteiger partial charge in [0, 0.05) is 35.6 Å². The Balaban J connectivity index is 2.39. The first kappa shape index (κ1) is 9.59. The van der Waals surface area contributed by atoms with Gasteiger partial charge < -0.3 is 4.57 Å². The summed E-state index contributed by atoms with van der Waals surface area (Å²) in [4.78, 5) is 8.99. The molecule has 0 amide bonds. The van der Waals surface area contributed by atoms with E-state index in [0.29, 0.717) is 0 Å². The van der Waals surface area contributed by atoms with Crippen molar-refractivity contribution in [3.8, 4) is 0 Å². The van der Waals surface area contributed by atoms with Crippen LogP contribution in [0.4, 0.5) is 0 Å². The molecular weight excluding hydrogens is 222 g/mol. The smallest absolute Gasteiger partial charge is 0.140 e. The molecule has 4 rings (SSSR count). The van der Waals surface area contributed by atoms with E-state index >= 15 is 0 Å². The Bertz CT molecular complexity index is 890. The van der Waals surface area contributed by atoms with E-state index < -0.39 is 0 Å². The molecule has 0 N–H and O–H groups in total. The highest BCUT2D eigenvalue weighted by Gasteiger charge is 2.11. The van der Waals surface area contributed by atoms with Crippen LogP contribution in [-0.4, -0.2) is 14.5 Å². The Morgan fingerprint density at radius 2 is 1.72 bits per heavy atom. The Morgan fingerprint density at radius 3 is 2.67 bits per heavy atom. The molecule has 0 aliphatic rings. The molecule has 3 nitrogen and oxygen atoms in total. The Kier molecular flexibility index (Phi) is 1.75. The summed E-state index contributed by atoms with van der Waals surface area (Å²) in [6, 6.07) is 12.3. The van der Waals surface area contributed by atoms with Crippen molar-refractivity contribution >= 4 is 32.8 Å². The van der Waals surface area contributed by atoms with E-state index in [1.807, 2.05) is 30.6 Å². The highest BCUT2D eigenvalue weighted by Crippen LogP contribution is 2.30. The monoisotopic (exact) mass is 233 g/mol. The van der Waals surface area contributed by atoms with Crippen molar-refractivity contribution in [1.82, 2.24) is 14.5 Å². The van der Waals surface area contributed by atoms with Crippen LogP contribution >= 0.6 is 0 Å². The van der Waals surface area contributed by atoms with E-state index in [1.165, 1.54) is 16.3 Å². The van der Waals surface area contributed by atoms with E-state index in [1.54, 1.807) is 0 Å². The van der Waals surface area contributed by atoms with E-state index in [4.69, 9.17) is 0 Å². The van der Waals surface area contributed by atoms with Gasteiger partial charge in [-0.1, -0.05) is 18.2 Å². The molecule has 3 aromatic heterocycles. The lowest BCUT2D eigenvalue weighted by Crippen LogP contribution is -1.90. The van der Waals surface area contributed by atoms with Crippen molar-refractivity contribution in [3.63, 3.8) is 0 Å². The number of hydrogen-bond donors (Lipinski definition) is 0. The molecule has 3 heterocycles. The number of hydrogen-bond acceptors (Lipinski definition) is 2. The minimum Gasteiger partial charge on any atom is -0.328 e. The SMILES string of the molecule is Cn1c2ncccc2c2cnc3ccccc3c21. The minimum atomic E-state index is 1.01. The number of aromatic nitrogens is 3. The van der Waals surface area contributed by atoms with Crippen LogP contribution in [0.2, 0.25) is 0 Å². The lowest BCUT2D eigenvalue weighted by molar-refractivity contribution is 0.993. The molecule has 0 radical (unpaired) electrons. The summed E-state index contributed by atoms with van der Waals surface area (Å²) in [5.74, 6) is 0. The Morgan fingerprint density at radius 1 is 0.889 bits per heavy atom. The minimum absolute atomic E-state index is 1.01. The zero-order chi connectivity index (χ0) is 12.1.